The van der Waals surface area contributed by atoms with Crippen molar-refractivity contribution in [3.63, 3.8) is 0 Å². The number of aromatic nitrogens is 4. The maximum atomic E-state index is 12.4. The summed E-state index contributed by atoms with van der Waals surface area (Å²) >= 11 is 2.81. The molecule has 3 rings (SSSR count). The van der Waals surface area contributed by atoms with Crippen LogP contribution in [0.4, 0.5) is 11.4 Å². The molecule has 0 aliphatic carbocycles. The van der Waals surface area contributed by atoms with Gasteiger partial charge in [-0.25, -0.2) is 0 Å². The van der Waals surface area contributed by atoms with Gasteiger partial charge in [-0.05, 0) is 26.0 Å². The molecule has 0 fully saturated rings. The maximum Gasteiger partial charge on any atom is 0.312 e. The fourth-order valence-electron chi connectivity index (χ4n) is 2.39. The van der Waals surface area contributed by atoms with Crippen LogP contribution >= 0.6 is 23.1 Å². The van der Waals surface area contributed by atoms with Gasteiger partial charge in [-0.2, -0.15) is 5.10 Å². The predicted molar refractivity (Wildman–Crippen MR) is 97.5 cm³/mol. The van der Waals surface area contributed by atoms with Crippen molar-refractivity contribution in [2.75, 3.05) is 5.32 Å². The molecule has 2 heterocycles. The van der Waals surface area contributed by atoms with E-state index < -0.39 is 4.92 Å². The summed E-state index contributed by atoms with van der Waals surface area (Å²) in [4.78, 5) is 23.8. The van der Waals surface area contributed by atoms with Gasteiger partial charge in [-0.3, -0.25) is 19.6 Å². The van der Waals surface area contributed by atoms with Crippen LogP contribution in [0.25, 0.3) is 0 Å². The third-order valence-electron chi connectivity index (χ3n) is 3.52. The van der Waals surface area contributed by atoms with Gasteiger partial charge in [0.2, 0.25) is 5.91 Å². The smallest absolute Gasteiger partial charge is 0.312 e. The van der Waals surface area contributed by atoms with Crippen molar-refractivity contribution in [3.8, 4) is 0 Å². The summed E-state index contributed by atoms with van der Waals surface area (Å²) in [5.41, 5.74) is 2.84. The Morgan fingerprint density at radius 1 is 1.38 bits per heavy atom. The van der Waals surface area contributed by atoms with Crippen molar-refractivity contribution >= 4 is 40.4 Å². The minimum Gasteiger partial charge on any atom is -0.323 e. The van der Waals surface area contributed by atoms with Crippen molar-refractivity contribution in [1.82, 2.24) is 20.0 Å². The zero-order chi connectivity index (χ0) is 18.7. The van der Waals surface area contributed by atoms with Crippen LogP contribution in [0.2, 0.25) is 0 Å². The van der Waals surface area contributed by atoms with E-state index in [9.17, 15) is 14.9 Å². The molecule has 1 N–H and O–H groups in total. The van der Waals surface area contributed by atoms with E-state index in [-0.39, 0.29) is 23.8 Å². The highest BCUT2D eigenvalue weighted by atomic mass is 32.2. The first-order valence-electron chi connectivity index (χ1n) is 7.47. The molecule has 9 nitrogen and oxygen atoms in total. The van der Waals surface area contributed by atoms with Gasteiger partial charge in [0.25, 0.3) is 0 Å². The Morgan fingerprint density at radius 2 is 2.15 bits per heavy atom. The summed E-state index contributed by atoms with van der Waals surface area (Å²) in [5.74, 6) is -0.323. The lowest BCUT2D eigenvalue weighted by atomic mass is 10.3. The molecule has 3 aromatic rings. The lowest BCUT2D eigenvalue weighted by Gasteiger charge is -2.10. The van der Waals surface area contributed by atoms with Gasteiger partial charge in [0.05, 0.1) is 10.6 Å². The van der Waals surface area contributed by atoms with Gasteiger partial charge in [-0.15, -0.1) is 10.2 Å². The second kappa shape index (κ2) is 7.62. The number of aryl methyl sites for hydroxylation is 1. The molecular formula is C15H14N6O3S2. The van der Waals surface area contributed by atoms with Crippen LogP contribution in [0, 0.1) is 24.0 Å². The number of nitrogens with one attached hydrogen (secondary N) is 1. The number of nitrogens with zero attached hydrogens (tertiary/aromatic N) is 5. The molecule has 1 aromatic carbocycles. The zero-order valence-corrected chi connectivity index (χ0v) is 15.5. The van der Waals surface area contributed by atoms with Gasteiger partial charge in [0, 0.05) is 4.90 Å². The highest BCUT2D eigenvalue weighted by molar-refractivity contribution is 8.01. The van der Waals surface area contributed by atoms with Crippen molar-refractivity contribution in [1.29, 1.82) is 0 Å². The van der Waals surface area contributed by atoms with Crippen LogP contribution in [0.3, 0.4) is 0 Å². The topological polar surface area (TPSA) is 116 Å². The largest absolute Gasteiger partial charge is 0.323 e. The number of hydrogen-bond donors (Lipinski definition) is 1. The predicted octanol–water partition coefficient (Wildman–Crippen LogP) is 3.05. The number of carbonyl (C=O) groups is 1. The number of benzene rings is 1. The van der Waals surface area contributed by atoms with Crippen molar-refractivity contribution in [2.45, 2.75) is 29.6 Å². The lowest BCUT2D eigenvalue weighted by molar-refractivity contribution is -0.386. The number of nitro groups is 1. The Balaban J connectivity index is 1.75. The summed E-state index contributed by atoms with van der Waals surface area (Å²) in [7, 11) is 0. The van der Waals surface area contributed by atoms with E-state index >= 15 is 0 Å². The molecule has 11 heteroatoms. The third-order valence-corrected chi connectivity index (χ3v) is 5.37. The minimum absolute atomic E-state index is 0.0648. The molecular weight excluding hydrogens is 376 g/mol. The quantitative estimate of drug-likeness (QED) is 0.508. The van der Waals surface area contributed by atoms with E-state index in [2.05, 4.69) is 20.6 Å². The van der Waals surface area contributed by atoms with E-state index in [1.807, 2.05) is 18.2 Å². The van der Waals surface area contributed by atoms with Gasteiger partial charge < -0.3 is 5.32 Å². The molecule has 134 valence electrons. The molecule has 0 atom stereocenters. The number of para-hydroxylation sites is 1. The van der Waals surface area contributed by atoms with Crippen LogP contribution in [0.1, 0.15) is 11.4 Å². The number of carbonyl (C=O) groups excluding carboxylic acids is 1. The van der Waals surface area contributed by atoms with Crippen molar-refractivity contribution in [3.05, 3.63) is 51.3 Å². The second-order valence-electron chi connectivity index (χ2n) is 5.29. The zero-order valence-electron chi connectivity index (χ0n) is 13.9. The summed E-state index contributed by atoms with van der Waals surface area (Å²) in [5, 5.41) is 25.8. The second-order valence-corrected chi connectivity index (χ2v) is 7.41. The van der Waals surface area contributed by atoms with Gasteiger partial charge in [0.15, 0.2) is 4.34 Å². The standard InChI is InChI=1S/C15H14N6O3S2/c1-9-14(21(23)24)10(2)20(19-9)7-13(22)17-11-5-3-4-6-12(11)26-15-18-16-8-25-15/h3-6,8H,7H2,1-2H3,(H,17,22). The number of rotatable bonds is 6. The summed E-state index contributed by atoms with van der Waals surface area (Å²) < 4.78 is 2.10. The number of anilines is 1. The molecule has 26 heavy (non-hydrogen) atoms. The van der Waals surface area contributed by atoms with E-state index in [1.165, 1.54) is 27.8 Å². The molecule has 0 saturated heterocycles. The monoisotopic (exact) mass is 390 g/mol. The molecule has 2 aromatic heterocycles. The number of hydrogen-bond acceptors (Lipinski definition) is 8. The van der Waals surface area contributed by atoms with E-state index in [0.717, 1.165) is 9.24 Å². The number of amides is 1. The van der Waals surface area contributed by atoms with Crippen LogP contribution in [0.5, 0.6) is 0 Å². The highest BCUT2D eigenvalue weighted by Crippen LogP contribution is 2.34. The molecule has 0 aliphatic heterocycles. The van der Waals surface area contributed by atoms with Crippen molar-refractivity contribution < 1.29 is 9.72 Å². The Kier molecular flexibility index (Phi) is 5.28. The highest BCUT2D eigenvalue weighted by Gasteiger charge is 2.23. The molecule has 0 unspecified atom stereocenters. The fraction of sp³-hybridized carbons (Fsp3) is 0.200. The fourth-order valence-corrected chi connectivity index (χ4v) is 3.91. The van der Waals surface area contributed by atoms with E-state index in [4.69, 9.17) is 0 Å². The summed E-state index contributed by atoms with van der Waals surface area (Å²) in [6.07, 6.45) is 0. The van der Waals surface area contributed by atoms with E-state index in [0.29, 0.717) is 11.4 Å². The average Bonchev–Trinajstić information content (AvgIpc) is 3.17. The maximum absolute atomic E-state index is 12.4. The first kappa shape index (κ1) is 18.0. The van der Waals surface area contributed by atoms with E-state index in [1.54, 1.807) is 25.4 Å². The van der Waals surface area contributed by atoms with Crippen LogP contribution in [-0.2, 0) is 11.3 Å². The van der Waals surface area contributed by atoms with Crippen LogP contribution in [0.15, 0.2) is 39.0 Å². The Bertz CT molecular complexity index is 954. The summed E-state index contributed by atoms with van der Waals surface area (Å²) in [6, 6.07) is 7.33. The molecule has 0 aliphatic rings. The Hall–Kier alpha value is -2.79. The van der Waals surface area contributed by atoms with Crippen molar-refractivity contribution in [2.24, 2.45) is 0 Å². The molecule has 1 amide bonds. The Morgan fingerprint density at radius 3 is 2.81 bits per heavy atom. The lowest BCUT2D eigenvalue weighted by Crippen LogP contribution is -2.20. The summed E-state index contributed by atoms with van der Waals surface area (Å²) in [6.45, 7) is 3.01. The van der Waals surface area contributed by atoms with Crippen LogP contribution < -0.4 is 5.32 Å². The molecule has 0 saturated carbocycles. The average molecular weight is 390 g/mol. The first-order chi connectivity index (χ1) is 12.5. The van der Waals surface area contributed by atoms with Gasteiger partial charge >= 0.3 is 5.69 Å². The van der Waals surface area contributed by atoms with Gasteiger partial charge in [0.1, 0.15) is 23.4 Å². The Labute approximate surface area is 156 Å². The third kappa shape index (κ3) is 3.89. The minimum atomic E-state index is -0.486. The van der Waals surface area contributed by atoms with Crippen LogP contribution in [-0.4, -0.2) is 30.8 Å². The SMILES string of the molecule is Cc1nn(CC(=O)Nc2ccccc2Sc2nncs2)c(C)c1[N+](=O)[O-]. The molecule has 0 bridgehead atoms. The van der Waals surface area contributed by atoms with Gasteiger partial charge in [-0.1, -0.05) is 35.2 Å². The molecule has 0 spiro atoms. The first-order valence-corrected chi connectivity index (χ1v) is 9.16. The molecule has 0 radical (unpaired) electrons. The normalized spacial score (nSPS) is 10.7.